The van der Waals surface area contributed by atoms with Gasteiger partial charge in [-0.3, -0.25) is 4.98 Å². The van der Waals surface area contributed by atoms with E-state index in [4.69, 9.17) is 0 Å². The summed E-state index contributed by atoms with van der Waals surface area (Å²) < 4.78 is 15.1. The molecule has 0 saturated heterocycles. The Labute approximate surface area is 154 Å². The van der Waals surface area contributed by atoms with Crippen molar-refractivity contribution in [2.24, 2.45) is 5.92 Å². The van der Waals surface area contributed by atoms with Crippen LogP contribution in [0.15, 0.2) is 60.8 Å². The Morgan fingerprint density at radius 1 is 1.08 bits per heavy atom. The first-order valence-electron chi connectivity index (χ1n) is 9.35. The lowest BCUT2D eigenvalue weighted by Crippen LogP contribution is -2.08. The Balaban J connectivity index is 1.92. The molecule has 1 aliphatic carbocycles. The highest BCUT2D eigenvalue weighted by Crippen LogP contribution is 2.58. The first-order chi connectivity index (χ1) is 12.5. The third-order valence-electron chi connectivity index (χ3n) is 5.90. The minimum atomic E-state index is -0.148. The van der Waals surface area contributed by atoms with Gasteiger partial charge < -0.3 is 0 Å². The van der Waals surface area contributed by atoms with Crippen molar-refractivity contribution < 1.29 is 4.39 Å². The lowest BCUT2D eigenvalue weighted by atomic mass is 9.86. The van der Waals surface area contributed by atoms with E-state index >= 15 is 4.39 Å². The van der Waals surface area contributed by atoms with E-state index in [1.807, 2.05) is 55.6 Å². The quantitative estimate of drug-likeness (QED) is 0.522. The van der Waals surface area contributed by atoms with Gasteiger partial charge in [-0.15, -0.1) is 0 Å². The van der Waals surface area contributed by atoms with Crippen molar-refractivity contribution in [1.29, 1.82) is 0 Å². The van der Waals surface area contributed by atoms with Gasteiger partial charge >= 0.3 is 0 Å². The van der Waals surface area contributed by atoms with Crippen LogP contribution in [0.2, 0.25) is 0 Å². The monoisotopic (exact) mass is 345 g/mol. The van der Waals surface area contributed by atoms with Gasteiger partial charge in [0.25, 0.3) is 0 Å². The Bertz CT molecular complexity index is 930. The van der Waals surface area contributed by atoms with Gasteiger partial charge in [-0.2, -0.15) is 0 Å². The van der Waals surface area contributed by atoms with Crippen LogP contribution in [0, 0.1) is 18.7 Å². The smallest absolute Gasteiger partial charge is 0.131 e. The summed E-state index contributed by atoms with van der Waals surface area (Å²) in [6.07, 6.45) is 4.13. The molecule has 0 radical (unpaired) electrons. The number of rotatable bonds is 4. The second kappa shape index (κ2) is 6.35. The standard InChI is InChI=1S/C24H24FN/c1-4-18-14-24(18,3)21-13-22(25)19(17-8-6-5-7-9-17)12-20(21)23-11-10-16(2)15-26-23/h5-13,15,18H,4,14H2,1-3H3. The van der Waals surface area contributed by atoms with Crippen LogP contribution in [0.25, 0.3) is 22.4 Å². The summed E-state index contributed by atoms with van der Waals surface area (Å²) in [5.41, 5.74) is 5.80. The molecule has 0 aliphatic heterocycles. The van der Waals surface area contributed by atoms with Crippen LogP contribution in [-0.2, 0) is 5.41 Å². The van der Waals surface area contributed by atoms with Crippen molar-refractivity contribution in [1.82, 2.24) is 4.98 Å². The van der Waals surface area contributed by atoms with Crippen LogP contribution in [0.5, 0.6) is 0 Å². The number of hydrogen-bond donors (Lipinski definition) is 0. The third-order valence-corrected chi connectivity index (χ3v) is 5.90. The van der Waals surface area contributed by atoms with Crippen molar-refractivity contribution in [2.45, 2.75) is 39.0 Å². The zero-order valence-electron chi connectivity index (χ0n) is 15.6. The number of nitrogens with zero attached hydrogens (tertiary/aromatic N) is 1. The maximum absolute atomic E-state index is 15.1. The van der Waals surface area contributed by atoms with E-state index < -0.39 is 0 Å². The molecule has 2 atom stereocenters. The molecular weight excluding hydrogens is 321 g/mol. The summed E-state index contributed by atoms with van der Waals surface area (Å²) >= 11 is 0. The summed E-state index contributed by atoms with van der Waals surface area (Å²) in [7, 11) is 0. The molecule has 26 heavy (non-hydrogen) atoms. The van der Waals surface area contributed by atoms with E-state index in [9.17, 15) is 0 Å². The summed E-state index contributed by atoms with van der Waals surface area (Å²) in [5.74, 6) is 0.471. The predicted octanol–water partition coefficient (Wildman–Crippen LogP) is 6.55. The van der Waals surface area contributed by atoms with Crippen LogP contribution < -0.4 is 0 Å². The topological polar surface area (TPSA) is 12.9 Å². The van der Waals surface area contributed by atoms with E-state index in [1.54, 1.807) is 6.07 Å². The predicted molar refractivity (Wildman–Crippen MR) is 106 cm³/mol. The van der Waals surface area contributed by atoms with Gasteiger partial charge in [-0.1, -0.05) is 56.7 Å². The highest BCUT2D eigenvalue weighted by Gasteiger charge is 2.51. The molecule has 2 heteroatoms. The molecule has 132 valence electrons. The first kappa shape index (κ1) is 17.0. The second-order valence-corrected chi connectivity index (χ2v) is 7.69. The molecule has 1 heterocycles. The molecule has 2 aromatic carbocycles. The number of aromatic nitrogens is 1. The molecule has 1 aliphatic rings. The Hall–Kier alpha value is -2.48. The normalized spacial score (nSPS) is 21.6. The zero-order chi connectivity index (χ0) is 18.3. The summed E-state index contributed by atoms with van der Waals surface area (Å²) in [6, 6.07) is 17.6. The van der Waals surface area contributed by atoms with Crippen LogP contribution in [0.4, 0.5) is 4.39 Å². The van der Waals surface area contributed by atoms with Crippen molar-refractivity contribution in [2.75, 3.05) is 0 Å². The molecule has 0 spiro atoms. The Morgan fingerprint density at radius 3 is 2.46 bits per heavy atom. The van der Waals surface area contributed by atoms with Gasteiger partial charge in [0.2, 0.25) is 0 Å². The fraction of sp³-hybridized carbons (Fsp3) is 0.292. The van der Waals surface area contributed by atoms with Crippen molar-refractivity contribution in [3.8, 4) is 22.4 Å². The molecule has 1 fully saturated rings. The molecule has 1 saturated carbocycles. The van der Waals surface area contributed by atoms with E-state index in [2.05, 4.69) is 24.9 Å². The Kier molecular flexibility index (Phi) is 4.14. The molecule has 2 unspecified atom stereocenters. The second-order valence-electron chi connectivity index (χ2n) is 7.69. The minimum absolute atomic E-state index is 0.0483. The molecular formula is C24H24FN. The molecule has 1 aromatic heterocycles. The fourth-order valence-corrected chi connectivity index (χ4v) is 4.10. The zero-order valence-corrected chi connectivity index (χ0v) is 15.6. The van der Waals surface area contributed by atoms with Crippen LogP contribution in [-0.4, -0.2) is 4.98 Å². The van der Waals surface area contributed by atoms with Crippen LogP contribution in [0.3, 0.4) is 0 Å². The van der Waals surface area contributed by atoms with Crippen molar-refractivity contribution in [3.05, 3.63) is 77.7 Å². The van der Waals surface area contributed by atoms with E-state index in [0.717, 1.165) is 40.8 Å². The number of hydrogen-bond acceptors (Lipinski definition) is 1. The maximum Gasteiger partial charge on any atom is 0.131 e. The van der Waals surface area contributed by atoms with E-state index in [0.29, 0.717) is 11.5 Å². The fourth-order valence-electron chi connectivity index (χ4n) is 4.10. The van der Waals surface area contributed by atoms with Gasteiger partial charge in [0.05, 0.1) is 5.69 Å². The van der Waals surface area contributed by atoms with Gasteiger partial charge in [0.15, 0.2) is 0 Å². The SMILES string of the molecule is CCC1CC1(C)c1cc(F)c(-c2ccccc2)cc1-c1ccc(C)cn1. The molecule has 0 amide bonds. The number of aryl methyl sites for hydroxylation is 1. The minimum Gasteiger partial charge on any atom is -0.256 e. The molecule has 4 rings (SSSR count). The highest BCUT2D eigenvalue weighted by atomic mass is 19.1. The van der Waals surface area contributed by atoms with Gasteiger partial charge in [0.1, 0.15) is 5.82 Å². The average molecular weight is 345 g/mol. The molecule has 3 aromatic rings. The summed E-state index contributed by atoms with van der Waals surface area (Å²) in [5, 5.41) is 0. The Morgan fingerprint density at radius 2 is 1.85 bits per heavy atom. The highest BCUT2D eigenvalue weighted by molar-refractivity contribution is 5.76. The lowest BCUT2D eigenvalue weighted by molar-refractivity contribution is 0.609. The first-order valence-corrected chi connectivity index (χ1v) is 9.35. The molecule has 1 nitrogen and oxygen atoms in total. The molecule has 0 bridgehead atoms. The van der Waals surface area contributed by atoms with E-state index in [-0.39, 0.29) is 11.2 Å². The van der Waals surface area contributed by atoms with Gasteiger partial charge in [-0.05, 0) is 59.6 Å². The summed E-state index contributed by atoms with van der Waals surface area (Å²) in [4.78, 5) is 4.64. The van der Waals surface area contributed by atoms with Gasteiger partial charge in [0, 0.05) is 17.3 Å². The average Bonchev–Trinajstić information content (AvgIpc) is 3.35. The number of benzene rings is 2. The van der Waals surface area contributed by atoms with Crippen LogP contribution in [0.1, 0.15) is 37.8 Å². The third kappa shape index (κ3) is 2.84. The van der Waals surface area contributed by atoms with Crippen molar-refractivity contribution in [3.63, 3.8) is 0 Å². The van der Waals surface area contributed by atoms with Crippen LogP contribution >= 0.6 is 0 Å². The maximum atomic E-state index is 15.1. The number of halogens is 1. The molecule has 0 N–H and O–H groups in total. The number of pyridine rings is 1. The van der Waals surface area contributed by atoms with E-state index in [1.165, 1.54) is 0 Å². The summed E-state index contributed by atoms with van der Waals surface area (Å²) in [6.45, 7) is 6.51. The lowest BCUT2D eigenvalue weighted by Gasteiger charge is -2.19. The largest absolute Gasteiger partial charge is 0.256 e. The van der Waals surface area contributed by atoms with Gasteiger partial charge in [-0.25, -0.2) is 4.39 Å². The van der Waals surface area contributed by atoms with Crippen molar-refractivity contribution >= 4 is 0 Å².